The van der Waals surface area contributed by atoms with Crippen LogP contribution in [0.15, 0.2) is 54.9 Å². The first-order chi connectivity index (χ1) is 12.3. The molecule has 0 aliphatic carbocycles. The maximum absolute atomic E-state index is 13.3. The Balaban J connectivity index is 1.59. The minimum absolute atomic E-state index is 0.196. The monoisotopic (exact) mass is 336 g/mol. The minimum atomic E-state index is -0.196. The third-order valence-corrected chi connectivity index (χ3v) is 4.84. The molecule has 3 aromatic rings. The van der Waals surface area contributed by atoms with Crippen molar-refractivity contribution in [2.75, 3.05) is 25.0 Å². The Morgan fingerprint density at radius 3 is 2.56 bits per heavy atom. The Kier molecular flexibility index (Phi) is 4.57. The lowest BCUT2D eigenvalue weighted by Crippen LogP contribution is -2.31. The number of anilines is 1. The van der Waals surface area contributed by atoms with Crippen LogP contribution in [0.5, 0.6) is 0 Å². The van der Waals surface area contributed by atoms with Crippen molar-refractivity contribution in [2.45, 2.75) is 18.9 Å². The van der Waals surface area contributed by atoms with E-state index in [2.05, 4.69) is 20.2 Å². The number of para-hydroxylation sites is 1. The molecule has 2 heterocycles. The number of nitrogens with one attached hydrogen (secondary N) is 1. The summed E-state index contributed by atoms with van der Waals surface area (Å²) in [5.74, 6) is 0.649. The second-order valence-electron chi connectivity index (χ2n) is 6.43. The quantitative estimate of drug-likeness (QED) is 0.764. The molecule has 0 saturated carbocycles. The molecule has 1 aliphatic heterocycles. The summed E-state index contributed by atoms with van der Waals surface area (Å²) in [5, 5.41) is 4.51. The molecule has 0 spiro atoms. The summed E-state index contributed by atoms with van der Waals surface area (Å²) in [7, 11) is 0. The van der Waals surface area contributed by atoms with Crippen molar-refractivity contribution in [1.82, 2.24) is 14.9 Å². The summed E-state index contributed by atoms with van der Waals surface area (Å²) in [6.07, 6.45) is 4.02. The molecule has 2 aromatic carbocycles. The number of fused-ring (bicyclic) bond motifs is 1. The molecular formula is C20H21FN4. The van der Waals surface area contributed by atoms with Gasteiger partial charge in [-0.1, -0.05) is 24.3 Å². The fourth-order valence-electron chi connectivity index (χ4n) is 3.53. The normalized spacial score (nSPS) is 16.2. The molecule has 128 valence electrons. The number of aromatic nitrogens is 2. The Bertz CT molecular complexity index is 838. The van der Waals surface area contributed by atoms with E-state index in [0.717, 1.165) is 41.9 Å². The molecular weight excluding hydrogens is 315 g/mol. The number of benzene rings is 2. The Morgan fingerprint density at radius 1 is 1.00 bits per heavy atom. The number of hydrogen-bond acceptors (Lipinski definition) is 4. The molecule has 25 heavy (non-hydrogen) atoms. The number of rotatable bonds is 5. The van der Waals surface area contributed by atoms with Gasteiger partial charge in [0.1, 0.15) is 18.0 Å². The molecule has 1 aliphatic rings. The van der Waals surface area contributed by atoms with E-state index in [1.54, 1.807) is 18.5 Å². The van der Waals surface area contributed by atoms with Crippen LogP contribution in [0.1, 0.15) is 24.4 Å². The van der Waals surface area contributed by atoms with Gasteiger partial charge in [-0.25, -0.2) is 14.4 Å². The zero-order chi connectivity index (χ0) is 17.1. The van der Waals surface area contributed by atoms with Crippen LogP contribution in [0.2, 0.25) is 0 Å². The number of hydrogen-bond donors (Lipinski definition) is 1. The van der Waals surface area contributed by atoms with Crippen molar-refractivity contribution in [3.63, 3.8) is 0 Å². The van der Waals surface area contributed by atoms with Gasteiger partial charge in [0.15, 0.2) is 0 Å². The molecule has 0 bridgehead atoms. The standard InChI is InChI=1S/C20H21FN4/c21-16-9-7-15(8-10-16)19(25-11-3-4-12-25)13-22-20-17-5-1-2-6-18(17)23-14-24-20/h1-2,5-10,14,19H,3-4,11-13H2,(H,22,23,24). The van der Waals surface area contributed by atoms with E-state index in [1.165, 1.54) is 12.8 Å². The smallest absolute Gasteiger partial charge is 0.137 e. The molecule has 0 radical (unpaired) electrons. The van der Waals surface area contributed by atoms with E-state index < -0.39 is 0 Å². The maximum Gasteiger partial charge on any atom is 0.137 e. The first-order valence-electron chi connectivity index (χ1n) is 8.74. The molecule has 1 aromatic heterocycles. The van der Waals surface area contributed by atoms with Gasteiger partial charge in [0, 0.05) is 11.9 Å². The van der Waals surface area contributed by atoms with E-state index in [1.807, 2.05) is 36.4 Å². The van der Waals surface area contributed by atoms with Crippen molar-refractivity contribution in [1.29, 1.82) is 0 Å². The first-order valence-corrected chi connectivity index (χ1v) is 8.74. The molecule has 1 atom stereocenters. The minimum Gasteiger partial charge on any atom is -0.368 e. The Hall–Kier alpha value is -2.53. The molecule has 5 heteroatoms. The van der Waals surface area contributed by atoms with E-state index in [4.69, 9.17) is 0 Å². The van der Waals surface area contributed by atoms with E-state index in [0.29, 0.717) is 0 Å². The summed E-state index contributed by atoms with van der Waals surface area (Å²) >= 11 is 0. The molecule has 0 amide bonds. The molecule has 1 unspecified atom stereocenters. The van der Waals surface area contributed by atoms with Crippen LogP contribution in [0.3, 0.4) is 0 Å². The van der Waals surface area contributed by atoms with Crippen LogP contribution in [-0.2, 0) is 0 Å². The fraction of sp³-hybridized carbons (Fsp3) is 0.300. The van der Waals surface area contributed by atoms with Gasteiger partial charge in [-0.05, 0) is 55.8 Å². The number of halogens is 1. The van der Waals surface area contributed by atoms with E-state index in [9.17, 15) is 4.39 Å². The highest BCUT2D eigenvalue weighted by Crippen LogP contribution is 2.27. The topological polar surface area (TPSA) is 41.1 Å². The summed E-state index contributed by atoms with van der Waals surface area (Å²) in [6, 6.07) is 15.0. The van der Waals surface area contributed by atoms with Gasteiger partial charge >= 0.3 is 0 Å². The summed E-state index contributed by atoms with van der Waals surface area (Å²) < 4.78 is 13.3. The summed E-state index contributed by atoms with van der Waals surface area (Å²) in [4.78, 5) is 11.2. The zero-order valence-corrected chi connectivity index (χ0v) is 14.0. The van der Waals surface area contributed by atoms with Gasteiger partial charge in [0.2, 0.25) is 0 Å². The molecule has 4 nitrogen and oxygen atoms in total. The molecule has 1 fully saturated rings. The Morgan fingerprint density at radius 2 is 1.76 bits per heavy atom. The van der Waals surface area contributed by atoms with Crippen molar-refractivity contribution in [3.05, 3.63) is 66.2 Å². The summed E-state index contributed by atoms with van der Waals surface area (Å²) in [5.41, 5.74) is 2.06. The highest BCUT2D eigenvalue weighted by Gasteiger charge is 2.23. The van der Waals surface area contributed by atoms with Crippen molar-refractivity contribution in [2.24, 2.45) is 0 Å². The summed E-state index contributed by atoms with van der Waals surface area (Å²) in [6.45, 7) is 2.88. The van der Waals surface area contributed by atoms with Crippen LogP contribution < -0.4 is 5.32 Å². The van der Waals surface area contributed by atoms with Crippen LogP contribution in [0.4, 0.5) is 10.2 Å². The van der Waals surface area contributed by atoms with E-state index in [-0.39, 0.29) is 11.9 Å². The molecule has 1 N–H and O–H groups in total. The Labute approximate surface area is 146 Å². The van der Waals surface area contributed by atoms with Gasteiger partial charge < -0.3 is 5.32 Å². The lowest BCUT2D eigenvalue weighted by molar-refractivity contribution is 0.256. The van der Waals surface area contributed by atoms with Crippen LogP contribution in [0, 0.1) is 5.82 Å². The van der Waals surface area contributed by atoms with E-state index >= 15 is 0 Å². The largest absolute Gasteiger partial charge is 0.368 e. The number of likely N-dealkylation sites (tertiary alicyclic amines) is 1. The van der Waals surface area contributed by atoms with Crippen molar-refractivity contribution < 1.29 is 4.39 Å². The predicted octanol–water partition coefficient (Wildman–Crippen LogP) is 4.02. The van der Waals surface area contributed by atoms with Gasteiger partial charge in [0.05, 0.1) is 11.6 Å². The number of nitrogens with zero attached hydrogens (tertiary/aromatic N) is 3. The third-order valence-electron chi connectivity index (χ3n) is 4.84. The predicted molar refractivity (Wildman–Crippen MR) is 98.0 cm³/mol. The van der Waals surface area contributed by atoms with Crippen LogP contribution >= 0.6 is 0 Å². The van der Waals surface area contributed by atoms with Crippen LogP contribution in [0.25, 0.3) is 10.9 Å². The maximum atomic E-state index is 13.3. The van der Waals surface area contributed by atoms with Gasteiger partial charge in [-0.3, -0.25) is 4.90 Å². The van der Waals surface area contributed by atoms with Gasteiger partial charge in [-0.15, -0.1) is 0 Å². The SMILES string of the molecule is Fc1ccc(C(CNc2ncnc3ccccc23)N2CCCC2)cc1. The highest BCUT2D eigenvalue weighted by atomic mass is 19.1. The average molecular weight is 336 g/mol. The second-order valence-corrected chi connectivity index (χ2v) is 6.43. The van der Waals surface area contributed by atoms with Gasteiger partial charge in [-0.2, -0.15) is 0 Å². The zero-order valence-electron chi connectivity index (χ0n) is 14.0. The average Bonchev–Trinajstić information content (AvgIpc) is 3.18. The lowest BCUT2D eigenvalue weighted by atomic mass is 10.1. The fourth-order valence-corrected chi connectivity index (χ4v) is 3.53. The second kappa shape index (κ2) is 7.15. The highest BCUT2D eigenvalue weighted by molar-refractivity contribution is 5.88. The lowest BCUT2D eigenvalue weighted by Gasteiger charge is -2.28. The van der Waals surface area contributed by atoms with Crippen LogP contribution in [-0.4, -0.2) is 34.5 Å². The van der Waals surface area contributed by atoms with Gasteiger partial charge in [0.25, 0.3) is 0 Å². The van der Waals surface area contributed by atoms with Crippen molar-refractivity contribution in [3.8, 4) is 0 Å². The third kappa shape index (κ3) is 3.46. The first kappa shape index (κ1) is 16.0. The molecule has 1 saturated heterocycles. The van der Waals surface area contributed by atoms with Crippen molar-refractivity contribution >= 4 is 16.7 Å². The molecule has 4 rings (SSSR count).